The van der Waals surface area contributed by atoms with Gasteiger partial charge in [-0.05, 0) is 37.0 Å². The zero-order valence-electron chi connectivity index (χ0n) is 11.8. The Morgan fingerprint density at radius 2 is 2.11 bits per heavy atom. The first kappa shape index (κ1) is 13.7. The van der Waals surface area contributed by atoms with Crippen molar-refractivity contribution >= 4 is 17.3 Å². The first-order valence-corrected chi connectivity index (χ1v) is 7.00. The Labute approximate surface area is 115 Å². The molecule has 1 aromatic carbocycles. The fraction of sp³-hybridized carbons (Fsp3) is 0.600. The maximum absolute atomic E-state index is 6.14. The molecule has 1 N–H and O–H groups in total. The quantitative estimate of drug-likeness (QED) is 0.837. The summed E-state index contributed by atoms with van der Waals surface area (Å²) < 4.78 is 0. The number of halogens is 1. The van der Waals surface area contributed by atoms with Gasteiger partial charge in [0, 0.05) is 36.4 Å². The van der Waals surface area contributed by atoms with E-state index in [1.165, 1.54) is 11.3 Å². The predicted molar refractivity (Wildman–Crippen MR) is 79.6 cm³/mol. The molecule has 0 aliphatic carbocycles. The predicted octanol–water partition coefficient (Wildman–Crippen LogP) is 3.47. The molecule has 1 aromatic rings. The molecule has 1 atom stereocenters. The van der Waals surface area contributed by atoms with Gasteiger partial charge in [-0.2, -0.15) is 0 Å². The van der Waals surface area contributed by atoms with E-state index in [4.69, 9.17) is 11.6 Å². The van der Waals surface area contributed by atoms with Crippen molar-refractivity contribution in [1.29, 1.82) is 0 Å². The molecule has 0 aromatic heterocycles. The summed E-state index contributed by atoms with van der Waals surface area (Å²) in [5.74, 6) is 0. The van der Waals surface area contributed by atoms with E-state index in [9.17, 15) is 0 Å². The molecule has 0 spiro atoms. The van der Waals surface area contributed by atoms with Crippen molar-refractivity contribution in [2.24, 2.45) is 5.41 Å². The highest BCUT2D eigenvalue weighted by atomic mass is 35.5. The third-order valence-electron chi connectivity index (χ3n) is 3.55. The second-order valence-electron chi connectivity index (χ2n) is 6.26. The summed E-state index contributed by atoms with van der Waals surface area (Å²) in [7, 11) is 0. The lowest BCUT2D eigenvalue weighted by atomic mass is 9.93. The minimum absolute atomic E-state index is 0.277. The summed E-state index contributed by atoms with van der Waals surface area (Å²) in [6.07, 6.45) is 0. The van der Waals surface area contributed by atoms with Gasteiger partial charge in [0.1, 0.15) is 0 Å². The number of aryl methyl sites for hydroxylation is 1. The van der Waals surface area contributed by atoms with Crippen LogP contribution in [0.3, 0.4) is 0 Å². The van der Waals surface area contributed by atoms with Gasteiger partial charge in [0.15, 0.2) is 0 Å². The van der Waals surface area contributed by atoms with E-state index >= 15 is 0 Å². The molecule has 1 aliphatic heterocycles. The molecular weight excluding hydrogens is 244 g/mol. The van der Waals surface area contributed by atoms with Gasteiger partial charge in [-0.25, -0.2) is 0 Å². The zero-order chi connectivity index (χ0) is 13.3. The van der Waals surface area contributed by atoms with E-state index in [0.29, 0.717) is 6.04 Å². The van der Waals surface area contributed by atoms with Crippen LogP contribution in [-0.2, 0) is 0 Å². The third kappa shape index (κ3) is 3.18. The first-order valence-electron chi connectivity index (χ1n) is 6.62. The maximum Gasteiger partial charge on any atom is 0.0426 e. The van der Waals surface area contributed by atoms with Crippen molar-refractivity contribution in [3.05, 3.63) is 28.8 Å². The van der Waals surface area contributed by atoms with Crippen molar-refractivity contribution in [3.8, 4) is 0 Å². The number of anilines is 1. The van der Waals surface area contributed by atoms with Gasteiger partial charge >= 0.3 is 0 Å². The van der Waals surface area contributed by atoms with Crippen molar-refractivity contribution in [3.63, 3.8) is 0 Å². The summed E-state index contributed by atoms with van der Waals surface area (Å²) >= 11 is 6.14. The molecule has 1 aliphatic rings. The molecule has 2 nitrogen and oxygen atoms in total. The SMILES string of the molecule is Cc1ccc(Cl)cc1N1CC(C)NCC(C)(C)C1. The highest BCUT2D eigenvalue weighted by molar-refractivity contribution is 6.30. The van der Waals surface area contributed by atoms with Crippen molar-refractivity contribution in [2.45, 2.75) is 33.7 Å². The van der Waals surface area contributed by atoms with Gasteiger partial charge in [0.2, 0.25) is 0 Å². The Kier molecular flexibility index (Phi) is 3.88. The Morgan fingerprint density at radius 1 is 1.39 bits per heavy atom. The maximum atomic E-state index is 6.14. The summed E-state index contributed by atoms with van der Waals surface area (Å²) in [4.78, 5) is 2.46. The monoisotopic (exact) mass is 266 g/mol. The van der Waals surface area contributed by atoms with Crippen LogP contribution in [0.1, 0.15) is 26.3 Å². The van der Waals surface area contributed by atoms with E-state index in [-0.39, 0.29) is 5.41 Å². The van der Waals surface area contributed by atoms with Gasteiger partial charge in [-0.3, -0.25) is 0 Å². The molecular formula is C15H23ClN2. The summed E-state index contributed by atoms with van der Waals surface area (Å²) in [5.41, 5.74) is 2.84. The highest BCUT2D eigenvalue weighted by Crippen LogP contribution is 2.29. The third-order valence-corrected chi connectivity index (χ3v) is 3.79. The lowest BCUT2D eigenvalue weighted by molar-refractivity contribution is 0.362. The average molecular weight is 267 g/mol. The number of rotatable bonds is 1. The van der Waals surface area contributed by atoms with E-state index in [2.05, 4.69) is 50.0 Å². The van der Waals surface area contributed by atoms with Gasteiger partial charge in [0.05, 0.1) is 0 Å². The van der Waals surface area contributed by atoms with E-state index < -0.39 is 0 Å². The minimum Gasteiger partial charge on any atom is -0.369 e. The van der Waals surface area contributed by atoms with Crippen LogP contribution in [0, 0.1) is 12.3 Å². The minimum atomic E-state index is 0.277. The fourth-order valence-electron chi connectivity index (χ4n) is 2.59. The highest BCUT2D eigenvalue weighted by Gasteiger charge is 2.27. The van der Waals surface area contributed by atoms with Crippen LogP contribution < -0.4 is 10.2 Å². The molecule has 2 rings (SSSR count). The standard InChI is InChI=1S/C15H23ClN2/c1-11-5-6-13(16)7-14(11)18-8-12(2)17-9-15(3,4)10-18/h5-7,12,17H,8-10H2,1-4H3. The second-order valence-corrected chi connectivity index (χ2v) is 6.69. The van der Waals surface area contributed by atoms with Crippen LogP contribution in [-0.4, -0.2) is 25.7 Å². The topological polar surface area (TPSA) is 15.3 Å². The van der Waals surface area contributed by atoms with Crippen molar-refractivity contribution < 1.29 is 0 Å². The Bertz CT molecular complexity index is 429. The van der Waals surface area contributed by atoms with Gasteiger partial charge in [0.25, 0.3) is 0 Å². The summed E-state index contributed by atoms with van der Waals surface area (Å²) in [6, 6.07) is 6.66. The lowest BCUT2D eigenvalue weighted by Crippen LogP contribution is -2.36. The van der Waals surface area contributed by atoms with Crippen molar-refractivity contribution in [2.75, 3.05) is 24.5 Å². The average Bonchev–Trinajstić information content (AvgIpc) is 2.41. The molecule has 1 saturated heterocycles. The molecule has 0 bridgehead atoms. The molecule has 1 unspecified atom stereocenters. The molecule has 1 heterocycles. The van der Waals surface area contributed by atoms with E-state index in [1.807, 2.05) is 6.07 Å². The lowest BCUT2D eigenvalue weighted by Gasteiger charge is -2.32. The van der Waals surface area contributed by atoms with Crippen LogP contribution in [0.2, 0.25) is 5.02 Å². The van der Waals surface area contributed by atoms with E-state index in [1.54, 1.807) is 0 Å². The van der Waals surface area contributed by atoms with E-state index in [0.717, 1.165) is 24.7 Å². The largest absolute Gasteiger partial charge is 0.369 e. The molecule has 1 fully saturated rings. The molecule has 0 radical (unpaired) electrons. The first-order chi connectivity index (χ1) is 8.37. The number of benzene rings is 1. The molecule has 100 valence electrons. The van der Waals surface area contributed by atoms with Crippen LogP contribution in [0.15, 0.2) is 18.2 Å². The van der Waals surface area contributed by atoms with Gasteiger partial charge in [-0.15, -0.1) is 0 Å². The Hall–Kier alpha value is -0.730. The molecule has 18 heavy (non-hydrogen) atoms. The van der Waals surface area contributed by atoms with Gasteiger partial charge in [-0.1, -0.05) is 31.5 Å². The number of nitrogens with zero attached hydrogens (tertiary/aromatic N) is 1. The second kappa shape index (κ2) is 5.10. The van der Waals surface area contributed by atoms with Crippen LogP contribution >= 0.6 is 11.6 Å². The molecule has 0 saturated carbocycles. The molecule has 0 amide bonds. The van der Waals surface area contributed by atoms with Crippen LogP contribution in [0.4, 0.5) is 5.69 Å². The zero-order valence-corrected chi connectivity index (χ0v) is 12.5. The smallest absolute Gasteiger partial charge is 0.0426 e. The van der Waals surface area contributed by atoms with Crippen LogP contribution in [0.5, 0.6) is 0 Å². The molecule has 3 heteroatoms. The fourth-order valence-corrected chi connectivity index (χ4v) is 2.76. The Balaban J connectivity index is 2.32. The Morgan fingerprint density at radius 3 is 2.83 bits per heavy atom. The van der Waals surface area contributed by atoms with Crippen molar-refractivity contribution in [1.82, 2.24) is 5.32 Å². The van der Waals surface area contributed by atoms with Gasteiger partial charge < -0.3 is 10.2 Å². The number of nitrogens with one attached hydrogen (secondary N) is 1. The summed E-state index contributed by atoms with van der Waals surface area (Å²) in [6.45, 7) is 12.2. The number of hydrogen-bond donors (Lipinski definition) is 1. The number of hydrogen-bond acceptors (Lipinski definition) is 2. The summed E-state index contributed by atoms with van der Waals surface area (Å²) in [5, 5.41) is 4.41. The van der Waals surface area contributed by atoms with Crippen LogP contribution in [0.25, 0.3) is 0 Å². The normalized spacial score (nSPS) is 23.8.